The third-order valence-electron chi connectivity index (χ3n) is 2.37. The van der Waals surface area contributed by atoms with E-state index in [0.717, 1.165) is 14.2 Å². The number of nitro groups is 1. The number of hydrogen-bond acceptors (Lipinski definition) is 4. The van der Waals surface area contributed by atoms with E-state index in [1.807, 2.05) is 12.1 Å². The lowest BCUT2D eigenvalue weighted by Crippen LogP contribution is -1.98. The van der Waals surface area contributed by atoms with Crippen molar-refractivity contribution in [2.45, 2.75) is 11.9 Å². The Morgan fingerprint density at radius 3 is 2.68 bits per heavy atom. The molecule has 7 heteroatoms. The summed E-state index contributed by atoms with van der Waals surface area (Å²) in [5.41, 5.74) is 0.924. The van der Waals surface area contributed by atoms with Gasteiger partial charge in [0.05, 0.1) is 8.71 Å². The molecular weight excluding hydrogens is 398 g/mol. The fourth-order valence-corrected chi connectivity index (χ4v) is 3.23. The maximum absolute atomic E-state index is 10.9. The molecule has 0 aliphatic carbocycles. The third kappa shape index (κ3) is 3.77. The van der Waals surface area contributed by atoms with E-state index in [2.05, 4.69) is 31.9 Å². The lowest BCUT2D eigenvalue weighted by atomic mass is 10.2. The first-order chi connectivity index (χ1) is 9.10. The van der Waals surface area contributed by atoms with Gasteiger partial charge < -0.3 is 4.74 Å². The summed E-state index contributed by atoms with van der Waals surface area (Å²) < 4.78 is 6.58. The maximum Gasteiger partial charge on any atom is 0.310 e. The van der Waals surface area contributed by atoms with Crippen LogP contribution in [0.25, 0.3) is 0 Å². The van der Waals surface area contributed by atoms with Crippen LogP contribution >= 0.6 is 43.2 Å². The second-order valence-electron chi connectivity index (χ2n) is 3.69. The van der Waals surface area contributed by atoms with Gasteiger partial charge >= 0.3 is 5.69 Å². The van der Waals surface area contributed by atoms with E-state index in [4.69, 9.17) is 4.74 Å². The molecule has 0 N–H and O–H groups in total. The zero-order valence-electron chi connectivity index (χ0n) is 9.64. The molecule has 2 aromatic rings. The second kappa shape index (κ2) is 6.49. The fourth-order valence-electron chi connectivity index (χ4n) is 1.49. The zero-order valence-corrected chi connectivity index (χ0v) is 13.6. The number of benzene rings is 1. The average Bonchev–Trinajstić information content (AvgIpc) is 2.81. The van der Waals surface area contributed by atoms with Crippen LogP contribution < -0.4 is 4.74 Å². The highest BCUT2D eigenvalue weighted by Gasteiger charge is 2.15. The molecule has 2 rings (SSSR count). The summed E-state index contributed by atoms with van der Waals surface area (Å²) in [6, 6.07) is 8.72. The summed E-state index contributed by atoms with van der Waals surface area (Å²) in [5, 5.41) is 11.6. The largest absolute Gasteiger partial charge is 0.481 e. The van der Waals surface area contributed by atoms with Crippen LogP contribution in [0.2, 0.25) is 0 Å². The Hall–Kier alpha value is -0.920. The van der Waals surface area contributed by atoms with E-state index in [1.165, 1.54) is 6.07 Å². The predicted molar refractivity (Wildman–Crippen MR) is 82.1 cm³/mol. The monoisotopic (exact) mass is 405 g/mol. The van der Waals surface area contributed by atoms with Crippen molar-refractivity contribution in [1.29, 1.82) is 0 Å². The average molecular weight is 407 g/mol. The van der Waals surface area contributed by atoms with Gasteiger partial charge in [0.25, 0.3) is 0 Å². The Kier molecular flexibility index (Phi) is 4.95. The number of ether oxygens (including phenoxy) is 1. The lowest BCUT2D eigenvalue weighted by molar-refractivity contribution is -0.385. The van der Waals surface area contributed by atoms with Gasteiger partial charge in [-0.1, -0.05) is 22.0 Å². The van der Waals surface area contributed by atoms with Crippen molar-refractivity contribution < 1.29 is 9.66 Å². The Balaban J connectivity index is 2.19. The number of halogens is 2. The Morgan fingerprint density at radius 2 is 2.11 bits per heavy atom. The van der Waals surface area contributed by atoms with E-state index >= 15 is 0 Å². The van der Waals surface area contributed by atoms with Gasteiger partial charge in [0.1, 0.15) is 6.61 Å². The number of alkyl halides is 1. The van der Waals surface area contributed by atoms with E-state index in [-0.39, 0.29) is 5.69 Å². The van der Waals surface area contributed by atoms with Crippen LogP contribution in [0.4, 0.5) is 5.69 Å². The number of nitro benzene ring substituents is 1. The Labute approximate surface area is 130 Å². The first-order valence-electron chi connectivity index (χ1n) is 5.30. The minimum atomic E-state index is -0.433. The van der Waals surface area contributed by atoms with Gasteiger partial charge in [0, 0.05) is 16.3 Å². The molecular formula is C12H9Br2NO3S. The van der Waals surface area contributed by atoms with Crippen molar-refractivity contribution in [3.63, 3.8) is 0 Å². The molecule has 0 atom stereocenters. The molecule has 0 fully saturated rings. The molecule has 1 aromatic carbocycles. The van der Waals surface area contributed by atoms with Crippen LogP contribution in [0.5, 0.6) is 5.75 Å². The van der Waals surface area contributed by atoms with Crippen LogP contribution in [0.15, 0.2) is 34.1 Å². The third-order valence-corrected chi connectivity index (χ3v) is 4.62. The topological polar surface area (TPSA) is 52.4 Å². The molecule has 19 heavy (non-hydrogen) atoms. The van der Waals surface area contributed by atoms with Crippen molar-refractivity contribution in [1.82, 2.24) is 0 Å². The van der Waals surface area contributed by atoms with Gasteiger partial charge in [-0.05, 0) is 39.7 Å². The molecule has 0 unspecified atom stereocenters. The SMILES string of the molecule is O=[N+]([O-])c1ccc(CBr)cc1OCc1ccc(Br)s1. The number of nitrogens with zero attached hydrogens (tertiary/aromatic N) is 1. The van der Waals surface area contributed by atoms with Crippen molar-refractivity contribution >= 4 is 48.9 Å². The minimum absolute atomic E-state index is 0.0136. The summed E-state index contributed by atoms with van der Waals surface area (Å²) in [7, 11) is 0. The number of thiophene rings is 1. The van der Waals surface area contributed by atoms with Crippen molar-refractivity contribution in [3.8, 4) is 5.75 Å². The zero-order chi connectivity index (χ0) is 13.8. The molecule has 0 saturated heterocycles. The van der Waals surface area contributed by atoms with Gasteiger partial charge in [-0.25, -0.2) is 0 Å². The summed E-state index contributed by atoms with van der Waals surface area (Å²) in [6.07, 6.45) is 0. The standard InChI is InChI=1S/C12H9Br2NO3S/c13-6-8-1-3-10(15(16)17)11(5-8)18-7-9-2-4-12(14)19-9/h1-5H,6-7H2. The van der Waals surface area contributed by atoms with Gasteiger partial charge in [-0.15, -0.1) is 11.3 Å². The highest BCUT2D eigenvalue weighted by Crippen LogP contribution is 2.30. The van der Waals surface area contributed by atoms with E-state index in [0.29, 0.717) is 17.7 Å². The molecule has 0 bridgehead atoms. The van der Waals surface area contributed by atoms with Gasteiger partial charge in [0.15, 0.2) is 5.75 Å². The molecule has 0 aliphatic rings. The molecule has 0 saturated carbocycles. The van der Waals surface area contributed by atoms with Crippen molar-refractivity contribution in [2.75, 3.05) is 0 Å². The van der Waals surface area contributed by atoms with Gasteiger partial charge in [0.2, 0.25) is 0 Å². The van der Waals surface area contributed by atoms with E-state index in [1.54, 1.807) is 23.5 Å². The molecule has 0 radical (unpaired) electrons. The maximum atomic E-state index is 10.9. The number of rotatable bonds is 5. The normalized spacial score (nSPS) is 10.4. The van der Waals surface area contributed by atoms with Crippen molar-refractivity contribution in [3.05, 3.63) is 54.7 Å². The summed E-state index contributed by atoms with van der Waals surface area (Å²) >= 11 is 8.23. The van der Waals surface area contributed by atoms with Crippen LogP contribution in [-0.4, -0.2) is 4.92 Å². The van der Waals surface area contributed by atoms with E-state index in [9.17, 15) is 10.1 Å². The fraction of sp³-hybridized carbons (Fsp3) is 0.167. The van der Waals surface area contributed by atoms with Crippen LogP contribution in [-0.2, 0) is 11.9 Å². The second-order valence-corrected chi connectivity index (χ2v) is 6.80. The smallest absolute Gasteiger partial charge is 0.310 e. The summed E-state index contributed by atoms with van der Waals surface area (Å²) in [5.74, 6) is 0.298. The molecule has 0 aliphatic heterocycles. The molecule has 0 amide bonds. The molecule has 1 heterocycles. The van der Waals surface area contributed by atoms with E-state index < -0.39 is 4.92 Å². The van der Waals surface area contributed by atoms with Crippen LogP contribution in [0.3, 0.4) is 0 Å². The molecule has 100 valence electrons. The molecule has 0 spiro atoms. The lowest BCUT2D eigenvalue weighted by Gasteiger charge is -2.06. The van der Waals surface area contributed by atoms with Gasteiger partial charge in [-0.3, -0.25) is 10.1 Å². The molecule has 4 nitrogen and oxygen atoms in total. The Morgan fingerprint density at radius 1 is 1.32 bits per heavy atom. The first kappa shape index (κ1) is 14.5. The van der Waals surface area contributed by atoms with Gasteiger partial charge in [-0.2, -0.15) is 0 Å². The number of hydrogen-bond donors (Lipinski definition) is 0. The first-order valence-corrected chi connectivity index (χ1v) is 8.03. The molecule has 1 aromatic heterocycles. The summed E-state index contributed by atoms with van der Waals surface area (Å²) in [4.78, 5) is 11.5. The highest BCUT2D eigenvalue weighted by atomic mass is 79.9. The van der Waals surface area contributed by atoms with Crippen LogP contribution in [0, 0.1) is 10.1 Å². The Bertz CT molecular complexity index is 600. The highest BCUT2D eigenvalue weighted by molar-refractivity contribution is 9.11. The van der Waals surface area contributed by atoms with Crippen molar-refractivity contribution in [2.24, 2.45) is 0 Å². The van der Waals surface area contributed by atoms with Crippen LogP contribution in [0.1, 0.15) is 10.4 Å². The minimum Gasteiger partial charge on any atom is -0.481 e. The predicted octanol–water partition coefficient (Wildman–Crippen LogP) is 4.89. The quantitative estimate of drug-likeness (QED) is 0.403. The summed E-state index contributed by atoms with van der Waals surface area (Å²) in [6.45, 7) is 0.322.